The maximum absolute atomic E-state index is 13.7. The van der Waals surface area contributed by atoms with Gasteiger partial charge in [-0.25, -0.2) is 0 Å². The topological polar surface area (TPSA) is 34.5 Å². The minimum Gasteiger partial charge on any atom is -0.497 e. The van der Waals surface area contributed by atoms with Crippen molar-refractivity contribution < 1.29 is 4.74 Å². The molecule has 0 amide bonds. The Kier molecular flexibility index (Phi) is 4.64. The number of hydrogen-bond donors (Lipinski definition) is 0. The third-order valence-corrected chi connectivity index (χ3v) is 7.78. The molecule has 2 fully saturated rings. The van der Waals surface area contributed by atoms with E-state index in [0.717, 1.165) is 54.2 Å². The Bertz CT molecular complexity index is 1190. The molecule has 0 N–H and O–H groups in total. The first-order chi connectivity index (χ1) is 15.2. The van der Waals surface area contributed by atoms with Crippen LogP contribution >= 0.6 is 0 Å². The molecule has 0 radical (unpaired) electrons. The molecule has 1 saturated carbocycles. The largest absolute Gasteiger partial charge is 0.497 e. The molecule has 0 unspecified atom stereocenters. The van der Waals surface area contributed by atoms with Gasteiger partial charge in [-0.2, -0.15) is 0 Å². The summed E-state index contributed by atoms with van der Waals surface area (Å²) in [6.07, 6.45) is 7.49. The van der Waals surface area contributed by atoms with Crippen molar-refractivity contribution in [2.45, 2.75) is 57.7 Å². The molecule has 2 aromatic carbocycles. The van der Waals surface area contributed by atoms with Crippen LogP contribution in [0, 0.1) is 5.92 Å². The van der Waals surface area contributed by atoms with Crippen LogP contribution in [0.25, 0.3) is 10.9 Å². The summed E-state index contributed by atoms with van der Waals surface area (Å²) in [6.45, 7) is 2.54. The number of methoxy groups -OCH3 is 1. The van der Waals surface area contributed by atoms with Crippen LogP contribution in [0.3, 0.4) is 0 Å². The van der Waals surface area contributed by atoms with E-state index in [0.29, 0.717) is 12.6 Å². The van der Waals surface area contributed by atoms with Gasteiger partial charge in [0, 0.05) is 24.7 Å². The molecule has 2 heterocycles. The molecule has 2 bridgehead atoms. The second-order valence-electron chi connectivity index (χ2n) is 9.70. The molecule has 4 heteroatoms. The van der Waals surface area contributed by atoms with Crippen LogP contribution in [0.2, 0.25) is 0 Å². The lowest BCUT2D eigenvalue weighted by molar-refractivity contribution is 0.204. The molecule has 3 aliphatic rings. The molecule has 2 aliphatic carbocycles. The fraction of sp³-hybridized carbons (Fsp3) is 0.444. The van der Waals surface area contributed by atoms with E-state index in [1.165, 1.54) is 42.2 Å². The van der Waals surface area contributed by atoms with Crippen LogP contribution in [0.15, 0.2) is 47.3 Å². The molecular weight excluding hydrogens is 384 g/mol. The highest BCUT2D eigenvalue weighted by Gasteiger charge is 2.37. The van der Waals surface area contributed by atoms with E-state index in [1.54, 1.807) is 7.11 Å². The van der Waals surface area contributed by atoms with Crippen molar-refractivity contribution in [2.75, 3.05) is 13.7 Å². The van der Waals surface area contributed by atoms with Crippen LogP contribution in [0.1, 0.15) is 47.9 Å². The Morgan fingerprint density at radius 2 is 1.81 bits per heavy atom. The van der Waals surface area contributed by atoms with Gasteiger partial charge in [-0.1, -0.05) is 12.1 Å². The second kappa shape index (κ2) is 7.52. The molecule has 6 rings (SSSR count). The second-order valence-corrected chi connectivity index (χ2v) is 9.70. The molecule has 160 valence electrons. The van der Waals surface area contributed by atoms with E-state index >= 15 is 0 Å². The van der Waals surface area contributed by atoms with Crippen molar-refractivity contribution in [2.24, 2.45) is 5.92 Å². The Morgan fingerprint density at radius 1 is 1.00 bits per heavy atom. The van der Waals surface area contributed by atoms with Crippen molar-refractivity contribution in [3.05, 3.63) is 75.1 Å². The number of piperidine rings is 1. The number of ether oxygens (including phenoxy) is 1. The number of nitrogens with zero attached hydrogens (tertiary/aromatic N) is 2. The standard InChI is InChI=1S/C27H30N2O2/c1-31-25-9-6-18(7-10-25)16-29-26-14-21-4-2-3-20(21)12-22(26)13-23(27(29)30)17-28-15-19-5-8-24(28)11-19/h6-7,9-10,12-14,19,24H,2-5,8,11,15-17H2,1H3/t19-,24-/m0/s1. The van der Waals surface area contributed by atoms with Crippen LogP contribution in [0.4, 0.5) is 0 Å². The van der Waals surface area contributed by atoms with Crippen LogP contribution < -0.4 is 10.3 Å². The van der Waals surface area contributed by atoms with Crippen LogP contribution in [-0.2, 0) is 25.9 Å². The summed E-state index contributed by atoms with van der Waals surface area (Å²) in [4.78, 5) is 16.3. The third-order valence-electron chi connectivity index (χ3n) is 7.78. The summed E-state index contributed by atoms with van der Waals surface area (Å²) < 4.78 is 7.32. The summed E-state index contributed by atoms with van der Waals surface area (Å²) in [6, 6.07) is 15.6. The number of fused-ring (bicyclic) bond motifs is 4. The molecule has 31 heavy (non-hydrogen) atoms. The van der Waals surface area contributed by atoms with E-state index in [-0.39, 0.29) is 5.56 Å². The van der Waals surface area contributed by atoms with Crippen molar-refractivity contribution in [1.29, 1.82) is 0 Å². The number of pyridine rings is 1. The predicted octanol–water partition coefficient (Wildman–Crippen LogP) is 4.53. The minimum absolute atomic E-state index is 0.170. The van der Waals surface area contributed by atoms with Crippen molar-refractivity contribution in [3.8, 4) is 5.75 Å². The summed E-state index contributed by atoms with van der Waals surface area (Å²) in [5.41, 5.74) is 6.21. The van der Waals surface area contributed by atoms with Crippen molar-refractivity contribution in [3.63, 3.8) is 0 Å². The van der Waals surface area contributed by atoms with Gasteiger partial charge in [0.05, 0.1) is 19.2 Å². The van der Waals surface area contributed by atoms with E-state index in [4.69, 9.17) is 4.74 Å². The van der Waals surface area contributed by atoms with Gasteiger partial charge < -0.3 is 9.30 Å². The molecule has 0 spiro atoms. The molecule has 3 aromatic rings. The van der Waals surface area contributed by atoms with Gasteiger partial charge in [0.25, 0.3) is 5.56 Å². The van der Waals surface area contributed by atoms with Gasteiger partial charge in [0.2, 0.25) is 0 Å². The Hall–Kier alpha value is -2.59. The maximum Gasteiger partial charge on any atom is 0.255 e. The fourth-order valence-electron chi connectivity index (χ4n) is 6.13. The number of rotatable bonds is 5. The van der Waals surface area contributed by atoms with Gasteiger partial charge in [0.1, 0.15) is 5.75 Å². The molecular formula is C27H30N2O2. The quantitative estimate of drug-likeness (QED) is 0.615. The van der Waals surface area contributed by atoms with E-state index in [2.05, 4.69) is 35.2 Å². The maximum atomic E-state index is 13.7. The monoisotopic (exact) mass is 414 g/mol. The van der Waals surface area contributed by atoms with E-state index in [1.807, 2.05) is 16.7 Å². The van der Waals surface area contributed by atoms with Gasteiger partial charge in [-0.05, 0) is 96.9 Å². The highest BCUT2D eigenvalue weighted by Crippen LogP contribution is 2.38. The van der Waals surface area contributed by atoms with E-state index in [9.17, 15) is 4.79 Å². The molecule has 2 atom stereocenters. The Balaban J connectivity index is 1.44. The zero-order valence-electron chi connectivity index (χ0n) is 18.3. The first-order valence-corrected chi connectivity index (χ1v) is 11.7. The first-order valence-electron chi connectivity index (χ1n) is 11.7. The predicted molar refractivity (Wildman–Crippen MR) is 124 cm³/mol. The molecule has 4 nitrogen and oxygen atoms in total. The summed E-state index contributed by atoms with van der Waals surface area (Å²) in [5.74, 6) is 1.69. The average molecular weight is 415 g/mol. The summed E-state index contributed by atoms with van der Waals surface area (Å²) in [7, 11) is 1.68. The van der Waals surface area contributed by atoms with Crippen LogP contribution in [-0.4, -0.2) is 29.2 Å². The Morgan fingerprint density at radius 3 is 2.52 bits per heavy atom. The van der Waals surface area contributed by atoms with Gasteiger partial charge in [0.15, 0.2) is 0 Å². The summed E-state index contributed by atoms with van der Waals surface area (Å²) in [5, 5.41) is 1.22. The SMILES string of the molecule is COc1ccc(Cn2c(=O)c(CN3C[C@H]4CC[C@H]3C4)cc3cc4c(cc32)CCC4)cc1. The number of hydrogen-bond acceptors (Lipinski definition) is 3. The van der Waals surface area contributed by atoms with Gasteiger partial charge >= 0.3 is 0 Å². The lowest BCUT2D eigenvalue weighted by atomic mass is 10.0. The fourth-order valence-corrected chi connectivity index (χ4v) is 6.13. The smallest absolute Gasteiger partial charge is 0.255 e. The van der Waals surface area contributed by atoms with Crippen LogP contribution in [0.5, 0.6) is 5.75 Å². The number of benzene rings is 2. The molecule has 1 aromatic heterocycles. The first kappa shape index (κ1) is 19.1. The minimum atomic E-state index is 0.170. The highest BCUT2D eigenvalue weighted by molar-refractivity contribution is 5.82. The van der Waals surface area contributed by atoms with E-state index < -0.39 is 0 Å². The lowest BCUT2D eigenvalue weighted by Crippen LogP contribution is -2.35. The number of aromatic nitrogens is 1. The van der Waals surface area contributed by atoms with Crippen molar-refractivity contribution in [1.82, 2.24) is 9.47 Å². The lowest BCUT2D eigenvalue weighted by Gasteiger charge is -2.27. The summed E-state index contributed by atoms with van der Waals surface area (Å²) >= 11 is 0. The highest BCUT2D eigenvalue weighted by atomic mass is 16.5. The van der Waals surface area contributed by atoms with Gasteiger partial charge in [-0.15, -0.1) is 0 Å². The van der Waals surface area contributed by atoms with Gasteiger partial charge in [-0.3, -0.25) is 9.69 Å². The zero-order chi connectivity index (χ0) is 20.9. The number of likely N-dealkylation sites (tertiary alicyclic amines) is 1. The zero-order valence-corrected chi connectivity index (χ0v) is 18.3. The molecule has 1 saturated heterocycles. The average Bonchev–Trinajstić information content (AvgIpc) is 3.53. The third kappa shape index (κ3) is 3.38. The van der Waals surface area contributed by atoms with Crippen molar-refractivity contribution >= 4 is 10.9 Å². The number of aryl methyl sites for hydroxylation is 2. The normalized spacial score (nSPS) is 22.4. The Labute approximate surface area is 183 Å². The molecule has 1 aliphatic heterocycles.